The van der Waals surface area contributed by atoms with Crippen molar-refractivity contribution in [2.24, 2.45) is 0 Å². The summed E-state index contributed by atoms with van der Waals surface area (Å²) in [7, 11) is 3.81. The average molecular weight is 467 g/mol. The maximum absolute atomic E-state index is 14.0. The molecule has 0 fully saturated rings. The number of halogens is 3. The second-order valence-electron chi connectivity index (χ2n) is 8.38. The Kier molecular flexibility index (Phi) is 6.61. The van der Waals surface area contributed by atoms with Crippen LogP contribution in [0.5, 0.6) is 0 Å². The van der Waals surface area contributed by atoms with Crippen LogP contribution in [0.25, 0.3) is 11.3 Å². The normalized spacial score (nSPS) is 14.0. The van der Waals surface area contributed by atoms with E-state index in [1.807, 2.05) is 31.3 Å². The van der Waals surface area contributed by atoms with Gasteiger partial charge in [-0.05, 0) is 62.5 Å². The van der Waals surface area contributed by atoms with Crippen LogP contribution in [0, 0.1) is 11.3 Å². The molecule has 0 bridgehead atoms. The number of nitriles is 1. The zero-order valence-corrected chi connectivity index (χ0v) is 19.0. The molecule has 0 atom stereocenters. The SMILES string of the molecule is CN(C)CCc1cccc(C(F)(F)F)c1N1CNC=C(c2ccnn2-c2ccc(C#N)cc2)C1. The van der Waals surface area contributed by atoms with Crippen LogP contribution in [-0.2, 0) is 12.6 Å². The topological polar surface area (TPSA) is 60.1 Å². The Hall–Kier alpha value is -3.77. The molecule has 1 aromatic heterocycles. The number of para-hydroxylation sites is 1. The van der Waals surface area contributed by atoms with Crippen molar-refractivity contribution in [1.82, 2.24) is 20.0 Å². The molecule has 6 nitrogen and oxygen atoms in total. The van der Waals surface area contributed by atoms with Gasteiger partial charge in [-0.1, -0.05) is 12.1 Å². The zero-order chi connectivity index (χ0) is 24.3. The molecule has 1 N–H and O–H groups in total. The molecule has 0 aliphatic carbocycles. The van der Waals surface area contributed by atoms with E-state index in [0.717, 1.165) is 23.0 Å². The highest BCUT2D eigenvalue weighted by atomic mass is 19.4. The van der Waals surface area contributed by atoms with E-state index < -0.39 is 11.7 Å². The maximum atomic E-state index is 14.0. The predicted molar refractivity (Wildman–Crippen MR) is 125 cm³/mol. The van der Waals surface area contributed by atoms with Gasteiger partial charge >= 0.3 is 6.18 Å². The smallest absolute Gasteiger partial charge is 0.373 e. The van der Waals surface area contributed by atoms with Crippen LogP contribution in [0.15, 0.2) is 60.9 Å². The highest BCUT2D eigenvalue weighted by Gasteiger charge is 2.36. The first-order valence-electron chi connectivity index (χ1n) is 10.8. The minimum atomic E-state index is -4.46. The molecule has 0 spiro atoms. The van der Waals surface area contributed by atoms with Crippen LogP contribution in [-0.4, -0.2) is 48.5 Å². The van der Waals surface area contributed by atoms with Crippen molar-refractivity contribution in [3.63, 3.8) is 0 Å². The van der Waals surface area contributed by atoms with Crippen molar-refractivity contribution < 1.29 is 13.2 Å². The van der Waals surface area contributed by atoms with Crippen molar-refractivity contribution in [3.8, 4) is 11.8 Å². The van der Waals surface area contributed by atoms with Gasteiger partial charge in [-0.15, -0.1) is 0 Å². The molecule has 176 valence electrons. The lowest BCUT2D eigenvalue weighted by Crippen LogP contribution is -2.39. The van der Waals surface area contributed by atoms with Crippen LogP contribution in [0.4, 0.5) is 18.9 Å². The van der Waals surface area contributed by atoms with Gasteiger partial charge in [0.2, 0.25) is 0 Å². The Bertz CT molecular complexity index is 1220. The van der Waals surface area contributed by atoms with Gasteiger partial charge in [0.1, 0.15) is 0 Å². The Labute approximate surface area is 196 Å². The van der Waals surface area contributed by atoms with E-state index >= 15 is 0 Å². The third-order valence-corrected chi connectivity index (χ3v) is 5.70. The van der Waals surface area contributed by atoms with Crippen LogP contribution < -0.4 is 10.2 Å². The van der Waals surface area contributed by atoms with Crippen LogP contribution >= 0.6 is 0 Å². The van der Waals surface area contributed by atoms with E-state index in [4.69, 9.17) is 5.26 Å². The molecule has 4 rings (SSSR count). The lowest BCUT2D eigenvalue weighted by Gasteiger charge is -2.34. The van der Waals surface area contributed by atoms with E-state index in [-0.39, 0.29) is 18.9 Å². The number of hydrogen-bond donors (Lipinski definition) is 1. The quantitative estimate of drug-likeness (QED) is 0.588. The molecule has 9 heteroatoms. The summed E-state index contributed by atoms with van der Waals surface area (Å²) in [6, 6.07) is 15.3. The first-order chi connectivity index (χ1) is 16.3. The van der Waals surface area contributed by atoms with Gasteiger partial charge < -0.3 is 15.1 Å². The van der Waals surface area contributed by atoms with E-state index in [9.17, 15) is 13.2 Å². The highest BCUT2D eigenvalue weighted by Crippen LogP contribution is 2.40. The summed E-state index contributed by atoms with van der Waals surface area (Å²) in [5.41, 5.74) is 3.11. The molecule has 0 amide bonds. The molecule has 3 aromatic rings. The molecule has 1 aliphatic heterocycles. The molecular formula is C25H25F3N6. The fourth-order valence-electron chi connectivity index (χ4n) is 4.07. The maximum Gasteiger partial charge on any atom is 0.418 e. The third-order valence-electron chi connectivity index (χ3n) is 5.70. The number of alkyl halides is 3. The summed E-state index contributed by atoms with van der Waals surface area (Å²) >= 11 is 0. The monoisotopic (exact) mass is 466 g/mol. The number of nitrogens with one attached hydrogen (secondary N) is 1. The van der Waals surface area contributed by atoms with Crippen molar-refractivity contribution >= 4 is 11.3 Å². The van der Waals surface area contributed by atoms with Gasteiger partial charge in [0.05, 0.1) is 47.1 Å². The van der Waals surface area contributed by atoms with Gasteiger partial charge in [-0.25, -0.2) is 4.68 Å². The van der Waals surface area contributed by atoms with Crippen molar-refractivity contribution in [2.75, 3.05) is 38.8 Å². The summed E-state index contributed by atoms with van der Waals surface area (Å²) in [5.74, 6) is 0. The minimum absolute atomic E-state index is 0.208. The Morgan fingerprint density at radius 3 is 2.56 bits per heavy atom. The minimum Gasteiger partial charge on any atom is -0.373 e. The standard InChI is InChI=1S/C25H25F3N6/c1-32(2)13-11-19-4-3-5-22(25(26,27)28)24(19)33-16-20(15-30-17-33)23-10-12-31-34(23)21-8-6-18(14-29)7-9-21/h3-10,12,15,30H,11,13,16-17H2,1-2H3. The lowest BCUT2D eigenvalue weighted by atomic mass is 10.0. The lowest BCUT2D eigenvalue weighted by molar-refractivity contribution is -0.137. The second kappa shape index (κ2) is 9.61. The first kappa shape index (κ1) is 23.4. The van der Waals surface area contributed by atoms with Gasteiger partial charge in [-0.3, -0.25) is 0 Å². The van der Waals surface area contributed by atoms with Crippen molar-refractivity contribution in [1.29, 1.82) is 5.26 Å². The first-order valence-corrected chi connectivity index (χ1v) is 10.8. The highest BCUT2D eigenvalue weighted by molar-refractivity contribution is 5.73. The molecule has 0 unspecified atom stereocenters. The predicted octanol–water partition coefficient (Wildman–Crippen LogP) is 4.28. The largest absolute Gasteiger partial charge is 0.418 e. The van der Waals surface area contributed by atoms with Gasteiger partial charge in [0.25, 0.3) is 0 Å². The molecular weight excluding hydrogens is 441 g/mol. The van der Waals surface area contributed by atoms with E-state index in [1.54, 1.807) is 46.1 Å². The number of nitrogens with zero attached hydrogens (tertiary/aromatic N) is 5. The fraction of sp³-hybridized carbons (Fsp3) is 0.280. The summed E-state index contributed by atoms with van der Waals surface area (Å²) in [6.45, 7) is 1.19. The Morgan fingerprint density at radius 1 is 1.12 bits per heavy atom. The average Bonchev–Trinajstić information content (AvgIpc) is 3.32. The molecule has 2 aromatic carbocycles. The molecule has 2 heterocycles. The number of aromatic nitrogens is 2. The number of likely N-dealkylation sites (N-methyl/N-ethyl adjacent to an activating group) is 1. The molecule has 34 heavy (non-hydrogen) atoms. The van der Waals surface area contributed by atoms with E-state index in [1.165, 1.54) is 6.07 Å². The Morgan fingerprint density at radius 2 is 1.88 bits per heavy atom. The number of hydrogen-bond acceptors (Lipinski definition) is 5. The second-order valence-corrected chi connectivity index (χ2v) is 8.38. The molecule has 0 radical (unpaired) electrons. The van der Waals surface area contributed by atoms with E-state index in [2.05, 4.69) is 16.5 Å². The molecule has 0 saturated carbocycles. The number of benzene rings is 2. The molecule has 1 aliphatic rings. The zero-order valence-electron chi connectivity index (χ0n) is 19.0. The number of anilines is 1. The van der Waals surface area contributed by atoms with Crippen molar-refractivity contribution in [2.45, 2.75) is 12.6 Å². The van der Waals surface area contributed by atoms with Gasteiger partial charge in [0, 0.05) is 24.9 Å². The van der Waals surface area contributed by atoms with E-state index in [0.29, 0.717) is 24.1 Å². The van der Waals surface area contributed by atoms with Crippen LogP contribution in [0.3, 0.4) is 0 Å². The van der Waals surface area contributed by atoms with Crippen LogP contribution in [0.2, 0.25) is 0 Å². The summed E-state index contributed by atoms with van der Waals surface area (Å²) in [6.07, 6.45) is -0.483. The summed E-state index contributed by atoms with van der Waals surface area (Å²) in [4.78, 5) is 3.69. The van der Waals surface area contributed by atoms with Gasteiger partial charge in [-0.2, -0.15) is 23.5 Å². The summed E-state index contributed by atoms with van der Waals surface area (Å²) in [5, 5.41) is 16.6. The molecule has 0 saturated heterocycles. The fourth-order valence-corrected chi connectivity index (χ4v) is 4.07. The van der Waals surface area contributed by atoms with Crippen LogP contribution in [0.1, 0.15) is 22.4 Å². The van der Waals surface area contributed by atoms with Crippen molar-refractivity contribution in [3.05, 3.63) is 83.3 Å². The Balaban J connectivity index is 1.69. The summed E-state index contributed by atoms with van der Waals surface area (Å²) < 4.78 is 43.7. The van der Waals surface area contributed by atoms with Gasteiger partial charge in [0.15, 0.2) is 0 Å². The number of rotatable bonds is 6. The third kappa shape index (κ3) is 4.92.